The molecule has 0 saturated heterocycles. The van der Waals surface area contributed by atoms with Gasteiger partial charge in [-0.15, -0.1) is 0 Å². The molecule has 3 aromatic rings. The van der Waals surface area contributed by atoms with Gasteiger partial charge in [-0.1, -0.05) is 12.8 Å². The summed E-state index contributed by atoms with van der Waals surface area (Å²) >= 11 is 0. The van der Waals surface area contributed by atoms with E-state index < -0.39 is 0 Å². The third kappa shape index (κ3) is 3.92. The summed E-state index contributed by atoms with van der Waals surface area (Å²) in [6.07, 6.45) is 11.0. The zero-order valence-corrected chi connectivity index (χ0v) is 17.2. The largest absolute Gasteiger partial charge is 0.399 e. The molecule has 2 saturated carbocycles. The Kier molecular flexibility index (Phi) is 5.16. The molecule has 2 heterocycles. The molecule has 5 rings (SSSR count). The van der Waals surface area contributed by atoms with Gasteiger partial charge in [0.2, 0.25) is 5.95 Å². The molecule has 0 unspecified atom stereocenters. The van der Waals surface area contributed by atoms with E-state index in [0.29, 0.717) is 24.1 Å². The lowest BCUT2D eigenvalue weighted by Gasteiger charge is -2.27. The topological polar surface area (TPSA) is 120 Å². The van der Waals surface area contributed by atoms with Crippen LogP contribution >= 0.6 is 0 Å². The van der Waals surface area contributed by atoms with E-state index in [0.717, 1.165) is 54.0 Å². The fourth-order valence-corrected chi connectivity index (χ4v) is 4.67. The van der Waals surface area contributed by atoms with Gasteiger partial charge in [-0.25, -0.2) is 4.98 Å². The van der Waals surface area contributed by atoms with Gasteiger partial charge in [0.1, 0.15) is 0 Å². The predicted octanol–water partition coefficient (Wildman–Crippen LogP) is 3.95. The minimum absolute atomic E-state index is 0.318. The van der Waals surface area contributed by atoms with E-state index in [1.807, 2.05) is 30.6 Å². The van der Waals surface area contributed by atoms with Crippen LogP contribution in [0.1, 0.15) is 57.4 Å². The average molecular weight is 407 g/mol. The van der Waals surface area contributed by atoms with Crippen molar-refractivity contribution in [1.29, 1.82) is 0 Å². The first-order chi connectivity index (χ1) is 14.7. The molecule has 1 aromatic carbocycles. The summed E-state index contributed by atoms with van der Waals surface area (Å²) in [5, 5.41) is 6.98. The van der Waals surface area contributed by atoms with Crippen molar-refractivity contribution in [3.8, 4) is 0 Å². The Morgan fingerprint density at radius 3 is 2.40 bits per heavy atom. The maximum absolute atomic E-state index is 6.07. The molecule has 2 aliphatic carbocycles. The third-order valence-electron chi connectivity index (χ3n) is 6.42. The number of nitrogens with two attached hydrogens (primary N) is 2. The van der Waals surface area contributed by atoms with Crippen molar-refractivity contribution in [3.63, 3.8) is 0 Å². The number of hydrogen-bond acceptors (Lipinski definition) is 7. The Morgan fingerprint density at radius 2 is 1.67 bits per heavy atom. The Labute approximate surface area is 176 Å². The van der Waals surface area contributed by atoms with Gasteiger partial charge in [0, 0.05) is 29.5 Å². The minimum atomic E-state index is 0.318. The number of fused-ring (bicyclic) bond motifs is 1. The first-order valence-electron chi connectivity index (χ1n) is 11.0. The summed E-state index contributed by atoms with van der Waals surface area (Å²) < 4.78 is 2.24. The van der Waals surface area contributed by atoms with Gasteiger partial charge in [0.05, 0.1) is 6.33 Å². The second-order valence-corrected chi connectivity index (χ2v) is 8.66. The number of nitrogens with one attached hydrogen (secondary N) is 2. The highest BCUT2D eigenvalue weighted by molar-refractivity contribution is 5.86. The molecule has 2 fully saturated rings. The number of benzene rings is 1. The molecule has 6 N–H and O–H groups in total. The van der Waals surface area contributed by atoms with Gasteiger partial charge in [-0.3, -0.25) is 0 Å². The zero-order valence-electron chi connectivity index (χ0n) is 17.2. The molecular weight excluding hydrogens is 376 g/mol. The smallest absolute Gasteiger partial charge is 0.227 e. The Bertz CT molecular complexity index is 998. The van der Waals surface area contributed by atoms with Crippen molar-refractivity contribution in [1.82, 2.24) is 19.5 Å². The highest BCUT2D eigenvalue weighted by Crippen LogP contribution is 2.34. The van der Waals surface area contributed by atoms with Gasteiger partial charge in [0.15, 0.2) is 17.0 Å². The van der Waals surface area contributed by atoms with E-state index in [2.05, 4.69) is 20.2 Å². The number of rotatable bonds is 5. The molecule has 8 heteroatoms. The summed E-state index contributed by atoms with van der Waals surface area (Å²) in [6, 6.07) is 8.80. The van der Waals surface area contributed by atoms with E-state index in [4.69, 9.17) is 21.4 Å². The fourth-order valence-electron chi connectivity index (χ4n) is 4.67. The number of imidazole rings is 1. The molecule has 158 valence electrons. The van der Waals surface area contributed by atoms with Crippen molar-refractivity contribution >= 4 is 34.3 Å². The Hall–Kier alpha value is -2.87. The second kappa shape index (κ2) is 8.10. The van der Waals surface area contributed by atoms with E-state index in [9.17, 15) is 0 Å². The predicted molar refractivity (Wildman–Crippen MR) is 121 cm³/mol. The molecule has 2 aliphatic rings. The SMILES string of the molecule is Nc1ccc(Nc2nc(NC3CCC(N)CC3)nc3c2ncn3C2CCCC2)cc1. The van der Waals surface area contributed by atoms with Crippen LogP contribution in [0.5, 0.6) is 0 Å². The number of anilines is 4. The van der Waals surface area contributed by atoms with Crippen LogP contribution in [0, 0.1) is 0 Å². The van der Waals surface area contributed by atoms with Crippen LogP contribution in [0.4, 0.5) is 23.1 Å². The van der Waals surface area contributed by atoms with E-state index in [1.165, 1.54) is 25.7 Å². The lowest BCUT2D eigenvalue weighted by Crippen LogP contribution is -2.33. The lowest BCUT2D eigenvalue weighted by atomic mass is 9.92. The highest BCUT2D eigenvalue weighted by Gasteiger charge is 2.24. The first-order valence-corrected chi connectivity index (χ1v) is 11.0. The van der Waals surface area contributed by atoms with Crippen LogP contribution in [0.2, 0.25) is 0 Å². The minimum Gasteiger partial charge on any atom is -0.399 e. The molecule has 0 bridgehead atoms. The van der Waals surface area contributed by atoms with Crippen molar-refractivity contribution in [3.05, 3.63) is 30.6 Å². The van der Waals surface area contributed by atoms with E-state index in [-0.39, 0.29) is 0 Å². The van der Waals surface area contributed by atoms with Crippen molar-refractivity contribution in [2.75, 3.05) is 16.4 Å². The van der Waals surface area contributed by atoms with E-state index >= 15 is 0 Å². The summed E-state index contributed by atoms with van der Waals surface area (Å²) in [6.45, 7) is 0. The van der Waals surface area contributed by atoms with Crippen LogP contribution in [0.3, 0.4) is 0 Å². The standard InChI is InChI=1S/C22H30N8/c23-14-5-9-16(10-6-14)26-20-19-21(30(13-25-19)18-3-1-2-4-18)29-22(28-20)27-17-11-7-15(24)8-12-17/h5-6,9-10,13,15,17-18H,1-4,7-8,11-12,23-24H2,(H2,26,27,28,29). The fraction of sp³-hybridized carbons (Fsp3) is 0.500. The number of nitrogen functional groups attached to an aromatic ring is 1. The van der Waals surface area contributed by atoms with Gasteiger partial charge in [-0.2, -0.15) is 9.97 Å². The van der Waals surface area contributed by atoms with Crippen LogP contribution in [0.25, 0.3) is 11.2 Å². The zero-order chi connectivity index (χ0) is 20.5. The monoisotopic (exact) mass is 406 g/mol. The maximum atomic E-state index is 6.07. The van der Waals surface area contributed by atoms with Crippen LogP contribution in [0.15, 0.2) is 30.6 Å². The molecule has 0 aliphatic heterocycles. The van der Waals surface area contributed by atoms with Gasteiger partial charge < -0.3 is 26.7 Å². The second-order valence-electron chi connectivity index (χ2n) is 8.66. The number of aromatic nitrogens is 4. The van der Waals surface area contributed by atoms with Gasteiger partial charge in [-0.05, 0) is 62.8 Å². The van der Waals surface area contributed by atoms with Crippen LogP contribution in [-0.2, 0) is 0 Å². The summed E-state index contributed by atoms with van der Waals surface area (Å²) in [4.78, 5) is 14.4. The maximum Gasteiger partial charge on any atom is 0.227 e. The third-order valence-corrected chi connectivity index (χ3v) is 6.42. The molecule has 0 radical (unpaired) electrons. The first kappa shape index (κ1) is 19.1. The number of hydrogen-bond donors (Lipinski definition) is 4. The molecular formula is C22H30N8. The normalized spacial score (nSPS) is 22.4. The quantitative estimate of drug-likeness (QED) is 0.474. The Morgan fingerprint density at radius 1 is 0.933 bits per heavy atom. The van der Waals surface area contributed by atoms with Crippen molar-refractivity contribution < 1.29 is 0 Å². The average Bonchev–Trinajstić information content (AvgIpc) is 3.41. The Balaban J connectivity index is 1.50. The van der Waals surface area contributed by atoms with Gasteiger partial charge >= 0.3 is 0 Å². The molecule has 0 spiro atoms. The van der Waals surface area contributed by atoms with Crippen LogP contribution in [-0.4, -0.2) is 31.6 Å². The van der Waals surface area contributed by atoms with Crippen molar-refractivity contribution in [2.24, 2.45) is 5.73 Å². The molecule has 0 atom stereocenters. The van der Waals surface area contributed by atoms with Crippen molar-refractivity contribution in [2.45, 2.75) is 69.5 Å². The van der Waals surface area contributed by atoms with E-state index in [1.54, 1.807) is 0 Å². The lowest BCUT2D eigenvalue weighted by molar-refractivity contribution is 0.410. The summed E-state index contributed by atoms with van der Waals surface area (Å²) in [5.74, 6) is 1.37. The molecule has 30 heavy (non-hydrogen) atoms. The summed E-state index contributed by atoms with van der Waals surface area (Å²) in [5.41, 5.74) is 15.3. The molecule has 2 aromatic heterocycles. The molecule has 8 nitrogen and oxygen atoms in total. The van der Waals surface area contributed by atoms with Crippen LogP contribution < -0.4 is 22.1 Å². The van der Waals surface area contributed by atoms with Gasteiger partial charge in [0.25, 0.3) is 0 Å². The highest BCUT2D eigenvalue weighted by atomic mass is 15.2. The summed E-state index contributed by atoms with van der Waals surface area (Å²) in [7, 11) is 0. The number of nitrogens with zero attached hydrogens (tertiary/aromatic N) is 4. The molecule has 0 amide bonds.